The van der Waals surface area contributed by atoms with Crippen LogP contribution in [0.2, 0.25) is 0 Å². The number of amides is 1. The van der Waals surface area contributed by atoms with Crippen molar-refractivity contribution in [2.75, 3.05) is 19.6 Å². The van der Waals surface area contributed by atoms with E-state index in [4.69, 9.17) is 0 Å². The maximum absolute atomic E-state index is 11.8. The summed E-state index contributed by atoms with van der Waals surface area (Å²) in [6, 6.07) is 4.20. The maximum Gasteiger partial charge on any atom is 0.242 e. The maximum atomic E-state index is 11.8. The summed E-state index contributed by atoms with van der Waals surface area (Å²) in [4.78, 5) is 17.5. The molecule has 23 heavy (non-hydrogen) atoms. The molecule has 0 aromatic carbocycles. The number of nitrogens with zero attached hydrogens (tertiary/aromatic N) is 1. The van der Waals surface area contributed by atoms with Crippen molar-refractivity contribution in [1.29, 1.82) is 0 Å². The molecule has 3 N–H and O–H groups in total. The molecule has 1 aromatic rings. The minimum Gasteiger partial charge on any atom is -0.357 e. The molecule has 1 unspecified atom stereocenters. The van der Waals surface area contributed by atoms with Crippen LogP contribution in [0.3, 0.4) is 0 Å². The SMILES string of the molecule is CCNC(=NCC(=O)NC(C)(C)C)NCC(C)c1cccs1.I. The monoisotopic (exact) mass is 452 g/mol. The Morgan fingerprint density at radius 3 is 2.57 bits per heavy atom. The van der Waals surface area contributed by atoms with E-state index in [9.17, 15) is 4.79 Å². The second-order valence-electron chi connectivity index (χ2n) is 6.29. The lowest BCUT2D eigenvalue weighted by molar-refractivity contribution is -0.121. The number of carbonyl (C=O) groups is 1. The molecule has 1 aromatic heterocycles. The van der Waals surface area contributed by atoms with Crippen LogP contribution in [-0.2, 0) is 4.79 Å². The molecule has 1 amide bonds. The summed E-state index contributed by atoms with van der Waals surface area (Å²) in [7, 11) is 0. The molecule has 0 saturated carbocycles. The molecule has 0 saturated heterocycles. The summed E-state index contributed by atoms with van der Waals surface area (Å²) in [5.74, 6) is 1.01. The lowest BCUT2D eigenvalue weighted by atomic mass is 10.1. The largest absolute Gasteiger partial charge is 0.357 e. The van der Waals surface area contributed by atoms with Gasteiger partial charge in [-0.3, -0.25) is 4.79 Å². The fourth-order valence-corrected chi connectivity index (χ4v) is 2.66. The summed E-state index contributed by atoms with van der Waals surface area (Å²) in [6.07, 6.45) is 0. The number of halogens is 1. The highest BCUT2D eigenvalue weighted by Gasteiger charge is 2.13. The van der Waals surface area contributed by atoms with Gasteiger partial charge in [0.2, 0.25) is 5.91 Å². The van der Waals surface area contributed by atoms with Crippen LogP contribution in [0, 0.1) is 0 Å². The zero-order chi connectivity index (χ0) is 16.6. The molecule has 1 rings (SSSR count). The fraction of sp³-hybridized carbons (Fsp3) is 0.625. The molecule has 0 bridgehead atoms. The molecular weight excluding hydrogens is 423 g/mol. The van der Waals surface area contributed by atoms with E-state index in [0.717, 1.165) is 13.1 Å². The van der Waals surface area contributed by atoms with Gasteiger partial charge < -0.3 is 16.0 Å². The van der Waals surface area contributed by atoms with Gasteiger partial charge in [-0.05, 0) is 39.1 Å². The molecule has 1 heterocycles. The molecule has 0 radical (unpaired) electrons. The van der Waals surface area contributed by atoms with Gasteiger partial charge >= 0.3 is 0 Å². The Labute approximate surface area is 160 Å². The first-order valence-electron chi connectivity index (χ1n) is 7.68. The Morgan fingerprint density at radius 1 is 1.35 bits per heavy atom. The highest BCUT2D eigenvalue weighted by atomic mass is 127. The predicted octanol–water partition coefficient (Wildman–Crippen LogP) is 2.94. The summed E-state index contributed by atoms with van der Waals surface area (Å²) < 4.78 is 0. The van der Waals surface area contributed by atoms with Gasteiger partial charge in [0.25, 0.3) is 0 Å². The third kappa shape index (κ3) is 9.80. The van der Waals surface area contributed by atoms with Gasteiger partial charge in [-0.2, -0.15) is 0 Å². The molecule has 0 aliphatic carbocycles. The average Bonchev–Trinajstić information content (AvgIpc) is 2.93. The van der Waals surface area contributed by atoms with Crippen molar-refractivity contribution in [3.63, 3.8) is 0 Å². The van der Waals surface area contributed by atoms with E-state index >= 15 is 0 Å². The fourth-order valence-electron chi connectivity index (χ4n) is 1.87. The molecule has 1 atom stereocenters. The summed E-state index contributed by atoms with van der Waals surface area (Å²) in [6.45, 7) is 11.7. The van der Waals surface area contributed by atoms with Crippen molar-refractivity contribution in [2.24, 2.45) is 4.99 Å². The van der Waals surface area contributed by atoms with E-state index < -0.39 is 0 Å². The van der Waals surface area contributed by atoms with E-state index in [1.54, 1.807) is 11.3 Å². The lowest BCUT2D eigenvalue weighted by Crippen LogP contribution is -2.43. The molecule has 7 heteroatoms. The van der Waals surface area contributed by atoms with E-state index in [0.29, 0.717) is 11.9 Å². The van der Waals surface area contributed by atoms with E-state index in [1.165, 1.54) is 4.88 Å². The van der Waals surface area contributed by atoms with E-state index in [1.807, 2.05) is 27.7 Å². The molecule has 0 spiro atoms. The van der Waals surface area contributed by atoms with Gasteiger partial charge in [0.1, 0.15) is 6.54 Å². The highest BCUT2D eigenvalue weighted by Crippen LogP contribution is 2.19. The van der Waals surface area contributed by atoms with Crippen LogP contribution in [-0.4, -0.2) is 37.0 Å². The van der Waals surface area contributed by atoms with Gasteiger partial charge in [-0.25, -0.2) is 4.99 Å². The van der Waals surface area contributed by atoms with Gasteiger partial charge in [-0.15, -0.1) is 35.3 Å². The van der Waals surface area contributed by atoms with Crippen LogP contribution in [0.15, 0.2) is 22.5 Å². The first-order valence-corrected chi connectivity index (χ1v) is 8.56. The third-order valence-electron chi connectivity index (χ3n) is 2.84. The summed E-state index contributed by atoms with van der Waals surface area (Å²) >= 11 is 1.76. The topological polar surface area (TPSA) is 65.5 Å². The van der Waals surface area contributed by atoms with Crippen molar-refractivity contribution >= 4 is 47.2 Å². The van der Waals surface area contributed by atoms with E-state index in [-0.39, 0.29) is 42.0 Å². The smallest absolute Gasteiger partial charge is 0.242 e. The van der Waals surface area contributed by atoms with Crippen LogP contribution in [0.25, 0.3) is 0 Å². The van der Waals surface area contributed by atoms with Crippen LogP contribution in [0.1, 0.15) is 45.4 Å². The Balaban J connectivity index is 0.00000484. The zero-order valence-electron chi connectivity index (χ0n) is 14.6. The standard InChI is InChI=1S/C16H28N4OS.HI/c1-6-17-15(19-11-14(21)20-16(3,4)5)18-10-12(2)13-8-7-9-22-13;/h7-9,12H,6,10-11H2,1-5H3,(H,20,21)(H2,17,18,19);1H. The Kier molecular flexibility index (Phi) is 10.5. The Bertz CT molecular complexity index is 483. The number of aliphatic imine (C=N–C) groups is 1. The predicted molar refractivity (Wildman–Crippen MR) is 110 cm³/mol. The Morgan fingerprint density at radius 2 is 2.04 bits per heavy atom. The van der Waals surface area contributed by atoms with Crippen LogP contribution in [0.4, 0.5) is 0 Å². The number of hydrogen-bond donors (Lipinski definition) is 3. The van der Waals surface area contributed by atoms with Crippen LogP contribution < -0.4 is 16.0 Å². The molecule has 0 aliphatic heterocycles. The number of carbonyl (C=O) groups excluding carboxylic acids is 1. The van der Waals surface area contributed by atoms with Gasteiger partial charge in [0.05, 0.1) is 0 Å². The molecular formula is C16H29IN4OS. The molecule has 0 fully saturated rings. The second kappa shape index (κ2) is 10.9. The third-order valence-corrected chi connectivity index (χ3v) is 3.95. The number of hydrogen-bond acceptors (Lipinski definition) is 3. The molecule has 132 valence electrons. The number of thiophene rings is 1. The normalized spacial score (nSPS) is 13.0. The van der Waals surface area contributed by atoms with Crippen molar-refractivity contribution < 1.29 is 4.79 Å². The zero-order valence-corrected chi connectivity index (χ0v) is 17.7. The lowest BCUT2D eigenvalue weighted by Gasteiger charge is -2.20. The van der Waals surface area contributed by atoms with Crippen molar-refractivity contribution in [3.05, 3.63) is 22.4 Å². The van der Waals surface area contributed by atoms with Crippen LogP contribution in [0.5, 0.6) is 0 Å². The van der Waals surface area contributed by atoms with E-state index in [2.05, 4.69) is 45.4 Å². The van der Waals surface area contributed by atoms with Crippen molar-refractivity contribution in [3.8, 4) is 0 Å². The first kappa shape index (κ1) is 22.2. The number of nitrogens with one attached hydrogen (secondary N) is 3. The summed E-state index contributed by atoms with van der Waals surface area (Å²) in [5.41, 5.74) is -0.230. The minimum atomic E-state index is -0.230. The average molecular weight is 452 g/mol. The molecule has 5 nitrogen and oxygen atoms in total. The second-order valence-corrected chi connectivity index (χ2v) is 7.27. The molecule has 0 aliphatic rings. The number of guanidine groups is 1. The first-order chi connectivity index (χ1) is 10.3. The number of rotatable bonds is 6. The van der Waals surface area contributed by atoms with Gasteiger partial charge in [-0.1, -0.05) is 13.0 Å². The minimum absolute atomic E-state index is 0. The van der Waals surface area contributed by atoms with Crippen LogP contribution >= 0.6 is 35.3 Å². The van der Waals surface area contributed by atoms with Crippen molar-refractivity contribution in [1.82, 2.24) is 16.0 Å². The summed E-state index contributed by atoms with van der Waals surface area (Å²) in [5, 5.41) is 11.4. The van der Waals surface area contributed by atoms with Gasteiger partial charge in [0.15, 0.2) is 5.96 Å². The Hall–Kier alpha value is -0.830. The highest BCUT2D eigenvalue weighted by molar-refractivity contribution is 14.0. The van der Waals surface area contributed by atoms with Crippen molar-refractivity contribution in [2.45, 2.75) is 46.1 Å². The quantitative estimate of drug-likeness (QED) is 0.353. The van der Waals surface area contributed by atoms with Gasteiger partial charge in [0, 0.05) is 29.4 Å².